The molecule has 0 spiro atoms. The molecule has 0 aromatic rings. The summed E-state index contributed by atoms with van der Waals surface area (Å²) in [4.78, 5) is 0. The molecular formula is C6H8FNO. The number of hydrogen-bond donors (Lipinski definition) is 1. The second kappa shape index (κ2) is 1.96. The Balaban J connectivity index is 2.34. The first-order valence-corrected chi connectivity index (χ1v) is 2.88. The lowest BCUT2D eigenvalue weighted by Gasteiger charge is -2.37. The van der Waals surface area contributed by atoms with Gasteiger partial charge >= 0.3 is 0 Å². The van der Waals surface area contributed by atoms with Gasteiger partial charge in [0.05, 0.1) is 17.6 Å². The standard InChI is InChI=1S/C6H8FNO/c7-4-6(9)1-5(2-6)3-8/h5,9H,1-2,4H2/t5-,6+. The third-order valence-electron chi connectivity index (χ3n) is 1.68. The van der Waals surface area contributed by atoms with E-state index in [1.54, 1.807) is 0 Å². The van der Waals surface area contributed by atoms with Crippen LogP contribution in [0.25, 0.3) is 0 Å². The van der Waals surface area contributed by atoms with Gasteiger partial charge in [-0.2, -0.15) is 5.26 Å². The number of nitrogens with zero attached hydrogens (tertiary/aromatic N) is 1. The highest BCUT2D eigenvalue weighted by atomic mass is 19.1. The minimum Gasteiger partial charge on any atom is -0.387 e. The van der Waals surface area contributed by atoms with Gasteiger partial charge in [0, 0.05) is 0 Å². The highest BCUT2D eigenvalue weighted by Crippen LogP contribution is 2.37. The van der Waals surface area contributed by atoms with Gasteiger partial charge in [0.25, 0.3) is 0 Å². The third kappa shape index (κ3) is 1.03. The van der Waals surface area contributed by atoms with Gasteiger partial charge in [0.2, 0.25) is 0 Å². The van der Waals surface area contributed by atoms with Crippen molar-refractivity contribution >= 4 is 0 Å². The molecule has 0 bridgehead atoms. The largest absolute Gasteiger partial charge is 0.387 e. The van der Waals surface area contributed by atoms with Crippen molar-refractivity contribution < 1.29 is 9.50 Å². The Labute approximate surface area is 52.9 Å². The summed E-state index contributed by atoms with van der Waals surface area (Å²) in [6, 6.07) is 1.96. The van der Waals surface area contributed by atoms with Crippen molar-refractivity contribution in [1.29, 1.82) is 5.26 Å². The van der Waals surface area contributed by atoms with E-state index in [1.807, 2.05) is 6.07 Å². The molecule has 0 saturated heterocycles. The minimum absolute atomic E-state index is 0.120. The van der Waals surface area contributed by atoms with Crippen LogP contribution in [-0.2, 0) is 0 Å². The summed E-state index contributed by atoms with van der Waals surface area (Å²) < 4.78 is 11.8. The maximum absolute atomic E-state index is 11.8. The van der Waals surface area contributed by atoms with E-state index < -0.39 is 12.3 Å². The molecular weight excluding hydrogens is 121 g/mol. The third-order valence-corrected chi connectivity index (χ3v) is 1.68. The first-order chi connectivity index (χ1) is 4.20. The Morgan fingerprint density at radius 2 is 2.33 bits per heavy atom. The number of alkyl halides is 1. The molecule has 0 aromatic carbocycles. The molecule has 9 heavy (non-hydrogen) atoms. The minimum atomic E-state index is -1.15. The van der Waals surface area contributed by atoms with Crippen molar-refractivity contribution in [3.8, 4) is 6.07 Å². The topological polar surface area (TPSA) is 44.0 Å². The van der Waals surface area contributed by atoms with E-state index in [1.165, 1.54) is 0 Å². The van der Waals surface area contributed by atoms with Gasteiger partial charge in [-0.1, -0.05) is 0 Å². The van der Waals surface area contributed by atoms with Gasteiger partial charge in [0.1, 0.15) is 6.67 Å². The van der Waals surface area contributed by atoms with E-state index in [2.05, 4.69) is 0 Å². The summed E-state index contributed by atoms with van der Waals surface area (Å²) in [7, 11) is 0. The molecule has 1 saturated carbocycles. The van der Waals surface area contributed by atoms with Crippen molar-refractivity contribution in [3.05, 3.63) is 0 Å². The van der Waals surface area contributed by atoms with Crippen LogP contribution in [0.4, 0.5) is 4.39 Å². The molecule has 1 fully saturated rings. The lowest BCUT2D eigenvalue weighted by atomic mass is 9.72. The molecule has 0 aliphatic heterocycles. The summed E-state index contributed by atoms with van der Waals surface area (Å²) in [6.45, 7) is -0.717. The first-order valence-electron chi connectivity index (χ1n) is 2.88. The normalized spacial score (nSPS) is 41.2. The van der Waals surface area contributed by atoms with Crippen LogP contribution in [0.3, 0.4) is 0 Å². The van der Waals surface area contributed by atoms with Crippen molar-refractivity contribution in [2.24, 2.45) is 5.92 Å². The number of rotatable bonds is 1. The van der Waals surface area contributed by atoms with Gasteiger partial charge in [-0.25, -0.2) is 4.39 Å². The Morgan fingerprint density at radius 1 is 1.78 bits per heavy atom. The van der Waals surface area contributed by atoms with E-state index >= 15 is 0 Å². The molecule has 0 heterocycles. The number of nitriles is 1. The molecule has 2 nitrogen and oxygen atoms in total. The van der Waals surface area contributed by atoms with Crippen LogP contribution in [-0.4, -0.2) is 17.4 Å². The zero-order valence-corrected chi connectivity index (χ0v) is 4.97. The van der Waals surface area contributed by atoms with Crippen LogP contribution in [0.5, 0.6) is 0 Å². The fraction of sp³-hybridized carbons (Fsp3) is 0.833. The summed E-state index contributed by atoms with van der Waals surface area (Å²) >= 11 is 0. The van der Waals surface area contributed by atoms with E-state index in [4.69, 9.17) is 10.4 Å². The molecule has 1 aliphatic carbocycles. The maximum atomic E-state index is 11.8. The monoisotopic (exact) mass is 129 g/mol. The van der Waals surface area contributed by atoms with Crippen molar-refractivity contribution in [1.82, 2.24) is 0 Å². The van der Waals surface area contributed by atoms with Gasteiger partial charge in [-0.05, 0) is 12.8 Å². The van der Waals surface area contributed by atoms with Crippen molar-refractivity contribution in [3.63, 3.8) is 0 Å². The first kappa shape index (κ1) is 6.50. The molecule has 1 N–H and O–H groups in total. The van der Waals surface area contributed by atoms with E-state index in [0.29, 0.717) is 12.8 Å². The van der Waals surface area contributed by atoms with Crippen LogP contribution < -0.4 is 0 Å². The molecule has 3 heteroatoms. The summed E-state index contributed by atoms with van der Waals surface area (Å²) in [5.41, 5.74) is -1.15. The predicted octanol–water partition coefficient (Wildman–Crippen LogP) is 0.621. The van der Waals surface area contributed by atoms with E-state index in [9.17, 15) is 4.39 Å². The maximum Gasteiger partial charge on any atom is 0.118 e. The smallest absolute Gasteiger partial charge is 0.118 e. The van der Waals surface area contributed by atoms with E-state index in [0.717, 1.165) is 0 Å². The van der Waals surface area contributed by atoms with Crippen molar-refractivity contribution in [2.45, 2.75) is 18.4 Å². The Bertz CT molecular complexity index is 146. The average molecular weight is 129 g/mol. The van der Waals surface area contributed by atoms with Crippen LogP contribution in [0.15, 0.2) is 0 Å². The van der Waals surface area contributed by atoms with Crippen LogP contribution >= 0.6 is 0 Å². The molecule has 1 rings (SSSR count). The summed E-state index contributed by atoms with van der Waals surface area (Å²) in [6.07, 6.45) is 0.611. The molecule has 0 aromatic heterocycles. The SMILES string of the molecule is N#C[C@H]1C[C@](O)(CF)C1. The highest BCUT2D eigenvalue weighted by Gasteiger charge is 2.42. The second-order valence-electron chi connectivity index (χ2n) is 2.59. The molecule has 1 aliphatic rings. The van der Waals surface area contributed by atoms with Crippen LogP contribution in [0.2, 0.25) is 0 Å². The molecule has 0 atom stereocenters. The number of halogens is 1. The molecule has 50 valence electrons. The van der Waals surface area contributed by atoms with Crippen molar-refractivity contribution in [2.75, 3.05) is 6.67 Å². The molecule has 0 unspecified atom stereocenters. The van der Waals surface area contributed by atoms with Crippen LogP contribution in [0, 0.1) is 17.2 Å². The van der Waals surface area contributed by atoms with Crippen LogP contribution in [0.1, 0.15) is 12.8 Å². The highest BCUT2D eigenvalue weighted by molar-refractivity contribution is 5.03. The predicted molar refractivity (Wildman–Crippen MR) is 29.3 cm³/mol. The quantitative estimate of drug-likeness (QED) is 0.564. The zero-order chi connectivity index (χ0) is 6.91. The average Bonchev–Trinajstić information content (AvgIpc) is 1.81. The lowest BCUT2D eigenvalue weighted by molar-refractivity contribution is -0.0729. The Kier molecular flexibility index (Phi) is 1.42. The lowest BCUT2D eigenvalue weighted by Crippen LogP contribution is -2.45. The van der Waals surface area contributed by atoms with Gasteiger partial charge in [0.15, 0.2) is 0 Å². The number of aliphatic hydroxyl groups is 1. The zero-order valence-electron chi connectivity index (χ0n) is 4.97. The van der Waals surface area contributed by atoms with Gasteiger partial charge < -0.3 is 5.11 Å². The molecule has 0 radical (unpaired) electrons. The molecule has 0 amide bonds. The number of hydrogen-bond acceptors (Lipinski definition) is 2. The van der Waals surface area contributed by atoms with Gasteiger partial charge in [-0.3, -0.25) is 0 Å². The summed E-state index contributed by atoms with van der Waals surface area (Å²) in [5.74, 6) is -0.120. The second-order valence-corrected chi connectivity index (χ2v) is 2.59. The fourth-order valence-electron chi connectivity index (χ4n) is 1.06. The Morgan fingerprint density at radius 3 is 2.67 bits per heavy atom. The fourth-order valence-corrected chi connectivity index (χ4v) is 1.06. The van der Waals surface area contributed by atoms with E-state index in [-0.39, 0.29) is 5.92 Å². The summed E-state index contributed by atoms with van der Waals surface area (Å²) in [5, 5.41) is 17.2. The van der Waals surface area contributed by atoms with Gasteiger partial charge in [-0.15, -0.1) is 0 Å². The Hall–Kier alpha value is -0.620.